The number of hydrogen-bond donors (Lipinski definition) is 0. The van der Waals surface area contributed by atoms with Crippen LogP contribution in [0.1, 0.15) is 135 Å². The summed E-state index contributed by atoms with van der Waals surface area (Å²) in [4.78, 5) is 0. The summed E-state index contributed by atoms with van der Waals surface area (Å²) in [6.07, 6.45) is 30.0. The first-order valence-corrected chi connectivity index (χ1v) is 10.9. The molecule has 0 atom stereocenters. The van der Waals surface area contributed by atoms with Crippen molar-refractivity contribution in [2.24, 2.45) is 5.92 Å². The monoisotopic (exact) mass is 308 g/mol. The standard InChI is InChI=1S/C22H44/c1-2-3-4-5-6-7-8-10-13-16-19-22-20-17-14-11-9-12-15-18-21-22/h22H,2-21H2,1H3. The molecular formula is C22H44. The molecule has 0 aliphatic heterocycles. The van der Waals surface area contributed by atoms with Gasteiger partial charge in [0.25, 0.3) is 0 Å². The molecular weight excluding hydrogens is 264 g/mol. The Morgan fingerprint density at radius 3 is 1.41 bits per heavy atom. The topological polar surface area (TPSA) is 0 Å². The molecule has 1 saturated carbocycles. The highest BCUT2D eigenvalue weighted by atomic mass is 14.2. The molecule has 1 aliphatic carbocycles. The van der Waals surface area contributed by atoms with Crippen LogP contribution in [-0.2, 0) is 0 Å². The summed E-state index contributed by atoms with van der Waals surface area (Å²) in [6.45, 7) is 2.30. The summed E-state index contributed by atoms with van der Waals surface area (Å²) in [5.41, 5.74) is 0. The maximum atomic E-state index is 2.30. The van der Waals surface area contributed by atoms with Crippen molar-refractivity contribution in [2.45, 2.75) is 135 Å². The molecule has 0 heteroatoms. The van der Waals surface area contributed by atoms with Crippen LogP contribution >= 0.6 is 0 Å². The van der Waals surface area contributed by atoms with E-state index in [0.717, 1.165) is 5.92 Å². The minimum atomic E-state index is 1.08. The molecule has 0 unspecified atom stereocenters. The zero-order chi connectivity index (χ0) is 15.7. The van der Waals surface area contributed by atoms with Gasteiger partial charge in [0.15, 0.2) is 0 Å². The molecule has 0 saturated heterocycles. The molecule has 0 amide bonds. The van der Waals surface area contributed by atoms with E-state index in [2.05, 4.69) is 6.92 Å². The normalized spacial score (nSPS) is 18.4. The van der Waals surface area contributed by atoms with Crippen molar-refractivity contribution in [1.82, 2.24) is 0 Å². The van der Waals surface area contributed by atoms with Crippen LogP contribution in [0.3, 0.4) is 0 Å². The van der Waals surface area contributed by atoms with Gasteiger partial charge in [-0.1, -0.05) is 135 Å². The van der Waals surface area contributed by atoms with Crippen LogP contribution in [0, 0.1) is 5.92 Å². The van der Waals surface area contributed by atoms with Crippen molar-refractivity contribution < 1.29 is 0 Å². The third-order valence-corrected chi connectivity index (χ3v) is 5.69. The summed E-state index contributed by atoms with van der Waals surface area (Å²) in [7, 11) is 0. The first-order valence-electron chi connectivity index (χ1n) is 10.9. The molecule has 1 fully saturated rings. The second-order valence-electron chi connectivity index (χ2n) is 7.89. The summed E-state index contributed by atoms with van der Waals surface area (Å²) in [5.74, 6) is 1.08. The van der Waals surface area contributed by atoms with Crippen molar-refractivity contribution >= 4 is 0 Å². The van der Waals surface area contributed by atoms with E-state index in [4.69, 9.17) is 0 Å². The van der Waals surface area contributed by atoms with Crippen LogP contribution in [0.15, 0.2) is 0 Å². The lowest BCUT2D eigenvalue weighted by Crippen LogP contribution is -2.02. The maximum absolute atomic E-state index is 2.30. The van der Waals surface area contributed by atoms with Gasteiger partial charge in [-0.3, -0.25) is 0 Å². The van der Waals surface area contributed by atoms with E-state index < -0.39 is 0 Å². The van der Waals surface area contributed by atoms with Crippen molar-refractivity contribution in [3.05, 3.63) is 0 Å². The van der Waals surface area contributed by atoms with Crippen LogP contribution < -0.4 is 0 Å². The SMILES string of the molecule is CCCCCCCCCCCCC1CCCCCCCCC1. The Balaban J connectivity index is 1.89. The van der Waals surface area contributed by atoms with Crippen LogP contribution in [0.4, 0.5) is 0 Å². The van der Waals surface area contributed by atoms with Gasteiger partial charge in [-0.05, 0) is 5.92 Å². The molecule has 0 N–H and O–H groups in total. The van der Waals surface area contributed by atoms with Crippen LogP contribution in [0.2, 0.25) is 0 Å². The zero-order valence-electron chi connectivity index (χ0n) is 15.7. The van der Waals surface area contributed by atoms with Crippen molar-refractivity contribution in [3.8, 4) is 0 Å². The van der Waals surface area contributed by atoms with Crippen molar-refractivity contribution in [1.29, 1.82) is 0 Å². The first-order chi connectivity index (χ1) is 10.9. The third kappa shape index (κ3) is 12.5. The van der Waals surface area contributed by atoms with Gasteiger partial charge in [0, 0.05) is 0 Å². The van der Waals surface area contributed by atoms with E-state index >= 15 is 0 Å². The minimum absolute atomic E-state index is 1.08. The molecule has 0 aromatic carbocycles. The predicted molar refractivity (Wildman–Crippen MR) is 102 cm³/mol. The Kier molecular flexibility index (Phi) is 14.5. The Hall–Kier alpha value is 0. The zero-order valence-corrected chi connectivity index (χ0v) is 15.7. The van der Waals surface area contributed by atoms with Crippen LogP contribution in [0.5, 0.6) is 0 Å². The Morgan fingerprint density at radius 1 is 0.500 bits per heavy atom. The van der Waals surface area contributed by atoms with Gasteiger partial charge in [0.1, 0.15) is 0 Å². The predicted octanol–water partition coefficient (Wildman–Crippen LogP) is 8.44. The lowest BCUT2D eigenvalue weighted by molar-refractivity contribution is 0.356. The Labute approximate surface area is 141 Å². The summed E-state index contributed by atoms with van der Waals surface area (Å²) >= 11 is 0. The molecule has 22 heavy (non-hydrogen) atoms. The van der Waals surface area contributed by atoms with Gasteiger partial charge in [-0.15, -0.1) is 0 Å². The molecule has 0 aromatic rings. The molecule has 0 radical (unpaired) electrons. The van der Waals surface area contributed by atoms with E-state index in [-0.39, 0.29) is 0 Å². The fraction of sp³-hybridized carbons (Fsp3) is 1.00. The van der Waals surface area contributed by atoms with E-state index in [1.165, 1.54) is 128 Å². The molecule has 0 nitrogen and oxygen atoms in total. The average Bonchev–Trinajstić information content (AvgIpc) is 2.55. The minimum Gasteiger partial charge on any atom is -0.0654 e. The lowest BCUT2D eigenvalue weighted by Gasteiger charge is -2.18. The molecule has 1 aliphatic rings. The van der Waals surface area contributed by atoms with Crippen molar-refractivity contribution in [3.63, 3.8) is 0 Å². The molecule has 1 rings (SSSR count). The van der Waals surface area contributed by atoms with E-state index in [9.17, 15) is 0 Å². The Morgan fingerprint density at radius 2 is 0.909 bits per heavy atom. The number of hydrogen-bond acceptors (Lipinski definition) is 0. The molecule has 132 valence electrons. The van der Waals surface area contributed by atoms with Gasteiger partial charge >= 0.3 is 0 Å². The van der Waals surface area contributed by atoms with E-state index in [1.54, 1.807) is 0 Å². The lowest BCUT2D eigenvalue weighted by atomic mass is 9.88. The second kappa shape index (κ2) is 15.9. The molecule has 0 aromatic heterocycles. The summed E-state index contributed by atoms with van der Waals surface area (Å²) in [6, 6.07) is 0. The van der Waals surface area contributed by atoms with Gasteiger partial charge in [0.05, 0.1) is 0 Å². The highest BCUT2D eigenvalue weighted by molar-refractivity contribution is 4.63. The highest BCUT2D eigenvalue weighted by Gasteiger charge is 2.09. The van der Waals surface area contributed by atoms with Crippen LogP contribution in [-0.4, -0.2) is 0 Å². The third-order valence-electron chi connectivity index (χ3n) is 5.69. The van der Waals surface area contributed by atoms with Gasteiger partial charge < -0.3 is 0 Å². The fourth-order valence-corrected chi connectivity index (χ4v) is 4.10. The molecule has 0 heterocycles. The molecule has 0 spiro atoms. The van der Waals surface area contributed by atoms with E-state index in [1.807, 2.05) is 0 Å². The Bertz CT molecular complexity index is 198. The van der Waals surface area contributed by atoms with Gasteiger partial charge in [-0.2, -0.15) is 0 Å². The number of unbranched alkanes of at least 4 members (excludes halogenated alkanes) is 9. The first kappa shape index (κ1) is 20.0. The number of rotatable bonds is 11. The van der Waals surface area contributed by atoms with Gasteiger partial charge in [-0.25, -0.2) is 0 Å². The highest BCUT2D eigenvalue weighted by Crippen LogP contribution is 2.26. The summed E-state index contributed by atoms with van der Waals surface area (Å²) in [5, 5.41) is 0. The van der Waals surface area contributed by atoms with E-state index in [0.29, 0.717) is 0 Å². The second-order valence-corrected chi connectivity index (χ2v) is 7.89. The largest absolute Gasteiger partial charge is 0.0654 e. The summed E-state index contributed by atoms with van der Waals surface area (Å²) < 4.78 is 0. The quantitative estimate of drug-likeness (QED) is 0.336. The smallest absolute Gasteiger partial charge is 0.0414 e. The fourth-order valence-electron chi connectivity index (χ4n) is 4.10. The molecule has 0 bridgehead atoms. The average molecular weight is 309 g/mol. The van der Waals surface area contributed by atoms with Crippen molar-refractivity contribution in [2.75, 3.05) is 0 Å². The maximum Gasteiger partial charge on any atom is -0.0414 e. The van der Waals surface area contributed by atoms with Gasteiger partial charge in [0.2, 0.25) is 0 Å². The van der Waals surface area contributed by atoms with Crippen LogP contribution in [0.25, 0.3) is 0 Å².